The number of sulfone groups is 1. The van der Waals surface area contributed by atoms with Crippen molar-refractivity contribution in [1.82, 2.24) is 4.57 Å². The predicted molar refractivity (Wildman–Crippen MR) is 136 cm³/mol. The fraction of sp³-hybridized carbons (Fsp3) is 0.222. The highest BCUT2D eigenvalue weighted by Gasteiger charge is 2.31. The van der Waals surface area contributed by atoms with Crippen LogP contribution in [0.3, 0.4) is 0 Å². The van der Waals surface area contributed by atoms with Crippen molar-refractivity contribution in [3.05, 3.63) is 84.4 Å². The summed E-state index contributed by atoms with van der Waals surface area (Å²) in [6, 6.07) is 25.6. The molecule has 168 valence electrons. The maximum atomic E-state index is 13.2. The molecule has 1 aliphatic heterocycles. The summed E-state index contributed by atoms with van der Waals surface area (Å²) < 4.78 is 28.6. The number of anilines is 2. The SMILES string of the molecule is Cc1ccc(S(=O)(=O)CC2=Nc3c(c4ccccc4n3C)N(c3ccccc3)[C@@H](C)C2)cc1. The summed E-state index contributed by atoms with van der Waals surface area (Å²) in [6.45, 7) is 4.09. The molecule has 1 aliphatic rings. The van der Waals surface area contributed by atoms with Crippen LogP contribution < -0.4 is 4.90 Å². The van der Waals surface area contributed by atoms with E-state index in [2.05, 4.69) is 40.7 Å². The van der Waals surface area contributed by atoms with Crippen LogP contribution in [0.5, 0.6) is 0 Å². The largest absolute Gasteiger partial charge is 0.335 e. The summed E-state index contributed by atoms with van der Waals surface area (Å²) in [5, 5.41) is 1.11. The number of para-hydroxylation sites is 2. The summed E-state index contributed by atoms with van der Waals surface area (Å²) in [4.78, 5) is 7.63. The lowest BCUT2D eigenvalue weighted by Crippen LogP contribution is -2.31. The Balaban J connectivity index is 1.66. The van der Waals surface area contributed by atoms with Crippen LogP contribution >= 0.6 is 0 Å². The van der Waals surface area contributed by atoms with Crippen LogP contribution in [-0.4, -0.2) is 30.5 Å². The van der Waals surface area contributed by atoms with Crippen molar-refractivity contribution in [2.45, 2.75) is 31.2 Å². The Morgan fingerprint density at radius 3 is 2.33 bits per heavy atom. The third-order valence-corrected chi connectivity index (χ3v) is 8.00. The van der Waals surface area contributed by atoms with E-state index in [-0.39, 0.29) is 11.8 Å². The molecule has 0 N–H and O–H groups in total. The molecule has 0 radical (unpaired) electrons. The lowest BCUT2D eigenvalue weighted by Gasteiger charge is -2.30. The van der Waals surface area contributed by atoms with Crippen LogP contribution in [0, 0.1) is 6.92 Å². The van der Waals surface area contributed by atoms with Gasteiger partial charge >= 0.3 is 0 Å². The number of rotatable bonds is 4. The zero-order chi connectivity index (χ0) is 23.2. The van der Waals surface area contributed by atoms with E-state index in [9.17, 15) is 8.42 Å². The smallest absolute Gasteiger partial charge is 0.183 e. The lowest BCUT2D eigenvalue weighted by atomic mass is 10.1. The molecule has 0 aliphatic carbocycles. The molecule has 0 saturated carbocycles. The summed E-state index contributed by atoms with van der Waals surface area (Å²) in [6.07, 6.45) is 0.559. The molecule has 33 heavy (non-hydrogen) atoms. The molecule has 5 nitrogen and oxygen atoms in total. The van der Waals surface area contributed by atoms with Crippen LogP contribution in [0.2, 0.25) is 0 Å². The molecule has 1 atom stereocenters. The fourth-order valence-electron chi connectivity index (χ4n) is 4.68. The topological polar surface area (TPSA) is 54.7 Å². The third kappa shape index (κ3) is 3.85. The van der Waals surface area contributed by atoms with E-state index in [4.69, 9.17) is 4.99 Å². The average molecular weight is 458 g/mol. The van der Waals surface area contributed by atoms with E-state index in [1.165, 1.54) is 0 Å². The monoisotopic (exact) mass is 457 g/mol. The second-order valence-electron chi connectivity index (χ2n) is 8.76. The lowest BCUT2D eigenvalue weighted by molar-refractivity contribution is 0.599. The molecule has 3 aromatic carbocycles. The number of aliphatic imine (C=N–C) groups is 1. The molecular formula is C27H27N3O2S. The van der Waals surface area contributed by atoms with Crippen LogP contribution in [0.25, 0.3) is 10.9 Å². The van der Waals surface area contributed by atoms with Crippen molar-refractivity contribution in [1.29, 1.82) is 0 Å². The maximum absolute atomic E-state index is 13.2. The van der Waals surface area contributed by atoms with E-state index in [1.807, 2.05) is 56.4 Å². The van der Waals surface area contributed by atoms with Crippen molar-refractivity contribution in [2.24, 2.45) is 12.0 Å². The van der Waals surface area contributed by atoms with Gasteiger partial charge in [0.2, 0.25) is 0 Å². The first-order chi connectivity index (χ1) is 15.8. The van der Waals surface area contributed by atoms with Gasteiger partial charge in [-0.05, 0) is 44.2 Å². The molecule has 0 bridgehead atoms. The van der Waals surface area contributed by atoms with Crippen molar-refractivity contribution < 1.29 is 8.42 Å². The van der Waals surface area contributed by atoms with Gasteiger partial charge in [0.05, 0.1) is 21.9 Å². The molecule has 0 spiro atoms. The first kappa shape index (κ1) is 21.5. The first-order valence-corrected chi connectivity index (χ1v) is 12.8. The Hall–Kier alpha value is -3.38. The predicted octanol–water partition coefficient (Wildman–Crippen LogP) is 5.96. The van der Waals surface area contributed by atoms with Gasteiger partial charge in [-0.25, -0.2) is 13.4 Å². The van der Waals surface area contributed by atoms with Gasteiger partial charge < -0.3 is 9.47 Å². The molecule has 4 aromatic rings. The number of fused-ring (bicyclic) bond motifs is 3. The van der Waals surface area contributed by atoms with Crippen molar-refractivity contribution >= 4 is 43.6 Å². The van der Waals surface area contributed by atoms with Crippen molar-refractivity contribution in [3.8, 4) is 0 Å². The Morgan fingerprint density at radius 1 is 0.939 bits per heavy atom. The van der Waals surface area contributed by atoms with E-state index in [0.29, 0.717) is 17.0 Å². The van der Waals surface area contributed by atoms with E-state index >= 15 is 0 Å². The number of aryl methyl sites for hydroxylation is 2. The van der Waals surface area contributed by atoms with Gasteiger partial charge in [-0.3, -0.25) is 0 Å². The van der Waals surface area contributed by atoms with Crippen molar-refractivity contribution in [2.75, 3.05) is 10.7 Å². The number of benzene rings is 3. The number of hydrogen-bond donors (Lipinski definition) is 0. The highest BCUT2D eigenvalue weighted by Crippen LogP contribution is 2.45. The normalized spacial score (nSPS) is 16.4. The summed E-state index contributed by atoms with van der Waals surface area (Å²) in [7, 11) is -1.51. The highest BCUT2D eigenvalue weighted by atomic mass is 32.2. The van der Waals surface area contributed by atoms with E-state index < -0.39 is 9.84 Å². The summed E-state index contributed by atoms with van der Waals surface area (Å²) in [5.74, 6) is 0.697. The van der Waals surface area contributed by atoms with Gasteiger partial charge in [0.15, 0.2) is 15.7 Å². The van der Waals surface area contributed by atoms with Gasteiger partial charge in [0.1, 0.15) is 0 Å². The van der Waals surface area contributed by atoms with E-state index in [1.54, 1.807) is 12.1 Å². The molecule has 0 unspecified atom stereocenters. The second kappa shape index (κ2) is 8.19. The number of hydrogen-bond acceptors (Lipinski definition) is 4. The minimum atomic E-state index is -3.50. The minimum absolute atomic E-state index is 0.0337. The van der Waals surface area contributed by atoms with Crippen LogP contribution in [0.1, 0.15) is 18.9 Å². The fourth-order valence-corrected chi connectivity index (χ4v) is 6.02. The van der Waals surface area contributed by atoms with Gasteiger partial charge in [-0.15, -0.1) is 0 Å². The molecule has 0 fully saturated rings. The molecule has 1 aromatic heterocycles. The van der Waals surface area contributed by atoms with E-state index in [0.717, 1.165) is 33.7 Å². The quantitative estimate of drug-likeness (QED) is 0.380. The third-order valence-electron chi connectivity index (χ3n) is 6.30. The Bertz CT molecular complexity index is 1450. The van der Waals surface area contributed by atoms with Crippen LogP contribution in [-0.2, 0) is 16.9 Å². The molecule has 0 amide bonds. The van der Waals surface area contributed by atoms with Crippen molar-refractivity contribution in [3.63, 3.8) is 0 Å². The zero-order valence-corrected chi connectivity index (χ0v) is 19.9. The maximum Gasteiger partial charge on any atom is 0.183 e. The Labute approximate surface area is 194 Å². The number of aromatic nitrogens is 1. The minimum Gasteiger partial charge on any atom is -0.335 e. The average Bonchev–Trinajstić information content (AvgIpc) is 2.97. The Kier molecular flexibility index (Phi) is 5.33. The molecular weight excluding hydrogens is 430 g/mol. The summed E-state index contributed by atoms with van der Waals surface area (Å²) >= 11 is 0. The van der Waals surface area contributed by atoms with Gasteiger partial charge in [0, 0.05) is 36.3 Å². The molecule has 5 rings (SSSR count). The number of nitrogens with zero attached hydrogens (tertiary/aromatic N) is 3. The van der Waals surface area contributed by atoms with Crippen LogP contribution in [0.15, 0.2) is 88.8 Å². The highest BCUT2D eigenvalue weighted by molar-refractivity contribution is 7.92. The first-order valence-electron chi connectivity index (χ1n) is 11.1. The standard InChI is InChI=1S/C27H27N3O2S/c1-19-13-15-23(16-14-19)33(31,32)18-21-17-20(2)30(22-9-5-4-6-10-22)26-24-11-7-8-12-25(24)29(3)27(26)28-21/h4-16,20H,17-18H2,1-3H3/t20-/m0/s1. The molecule has 0 saturated heterocycles. The molecule has 2 heterocycles. The van der Waals surface area contributed by atoms with Crippen LogP contribution in [0.4, 0.5) is 17.2 Å². The van der Waals surface area contributed by atoms with Gasteiger partial charge in [0.25, 0.3) is 0 Å². The molecule has 6 heteroatoms. The second-order valence-corrected chi connectivity index (χ2v) is 10.7. The van der Waals surface area contributed by atoms with Gasteiger partial charge in [-0.2, -0.15) is 0 Å². The Morgan fingerprint density at radius 2 is 1.61 bits per heavy atom. The summed E-state index contributed by atoms with van der Waals surface area (Å²) in [5.41, 5.74) is 4.87. The zero-order valence-electron chi connectivity index (χ0n) is 19.1. The van der Waals surface area contributed by atoms with Gasteiger partial charge in [-0.1, -0.05) is 54.1 Å².